The Morgan fingerprint density at radius 1 is 0.157 bits per heavy atom. The minimum absolute atomic E-state index is 0.290. The van der Waals surface area contributed by atoms with Crippen molar-refractivity contribution in [3.05, 3.63) is 399 Å². The van der Waals surface area contributed by atoms with E-state index in [-0.39, 0.29) is 11.1 Å². The molecule has 0 bridgehead atoms. The maximum Gasteiger partial charge on any atom is 0.104 e. The van der Waals surface area contributed by atoms with Gasteiger partial charge in [-0.25, -0.2) is 0 Å². The fourth-order valence-corrected chi connectivity index (χ4v) is 14.4. The fourth-order valence-electron chi connectivity index (χ4n) is 14.4. The van der Waals surface area contributed by atoms with Gasteiger partial charge in [0.05, 0.1) is 22.7 Å². The van der Waals surface area contributed by atoms with Crippen molar-refractivity contribution >= 4 is 111 Å². The normalized spacial score (nSPS) is 11.1. The van der Waals surface area contributed by atoms with Crippen LogP contribution in [0.2, 0.25) is 0 Å². The second kappa shape index (κ2) is 27.1. The highest BCUT2D eigenvalue weighted by Gasteiger charge is 2.39. The van der Waals surface area contributed by atoms with Gasteiger partial charge in [0.15, 0.2) is 0 Å². The van der Waals surface area contributed by atoms with E-state index in [9.17, 15) is 10.5 Å². The maximum atomic E-state index is 13.6. The lowest BCUT2D eigenvalue weighted by Crippen LogP contribution is -2.25. The summed E-state index contributed by atoms with van der Waals surface area (Å²) >= 11 is 0. The standard InChI is InChI=1S/C96H64N6/c97-65-91-93(99(87-57-45-71-29-13-17-33-79(71)61-87)83-49-37-75(38-50-83)67-21-5-1-6-22-67)94(100(88-58-46-72-30-14-18-34-80(72)62-88)84-51-39-76(40-52-84)68-23-7-2-8-24-68)92(66-98)96(102(90-60-48-74-32-16-20-36-82(74)64-90)86-55-43-78(44-56-86)70-27-11-4-12-28-70)95(91)101(89-59-47-73-31-15-19-35-81(73)63-89)85-53-41-77(42-54-85)69-25-9-3-10-26-69/h1-64H. The van der Waals surface area contributed by atoms with E-state index in [0.717, 1.165) is 133 Å². The molecule has 6 heteroatoms. The molecule has 17 aromatic rings. The van der Waals surface area contributed by atoms with Crippen molar-refractivity contribution < 1.29 is 0 Å². The van der Waals surface area contributed by atoms with Crippen LogP contribution in [-0.4, -0.2) is 0 Å². The van der Waals surface area contributed by atoms with Crippen LogP contribution in [0.4, 0.5) is 68.2 Å². The molecule has 17 rings (SSSR count). The van der Waals surface area contributed by atoms with E-state index in [1.165, 1.54) is 0 Å². The Balaban J connectivity index is 1.08. The first-order valence-corrected chi connectivity index (χ1v) is 34.3. The molecule has 0 radical (unpaired) electrons. The number of nitriles is 2. The van der Waals surface area contributed by atoms with E-state index in [1.807, 2.05) is 24.3 Å². The lowest BCUT2D eigenvalue weighted by molar-refractivity contribution is 1.17. The Morgan fingerprint density at radius 2 is 0.324 bits per heavy atom. The minimum Gasteiger partial charge on any atom is -0.307 e. The first kappa shape index (κ1) is 61.5. The quantitative estimate of drug-likeness (QED) is 0.0961. The first-order valence-electron chi connectivity index (χ1n) is 34.3. The summed E-state index contributed by atoms with van der Waals surface area (Å²) in [7, 11) is 0. The van der Waals surface area contributed by atoms with E-state index in [4.69, 9.17) is 0 Å². The van der Waals surface area contributed by atoms with Crippen molar-refractivity contribution in [3.63, 3.8) is 0 Å². The monoisotopic (exact) mass is 1300 g/mol. The Morgan fingerprint density at radius 3 is 0.520 bits per heavy atom. The molecule has 0 aliphatic heterocycles. The molecule has 0 aromatic heterocycles. The highest BCUT2D eigenvalue weighted by atomic mass is 15.3. The lowest BCUT2D eigenvalue weighted by Gasteiger charge is -2.40. The molecule has 0 unspecified atom stereocenters. The molecule has 0 fully saturated rings. The average molecular weight is 1300 g/mol. The third-order valence-electron chi connectivity index (χ3n) is 19.4. The van der Waals surface area contributed by atoms with Crippen LogP contribution in [0.1, 0.15) is 11.1 Å². The Labute approximate surface area is 593 Å². The second-order valence-electron chi connectivity index (χ2n) is 25.5. The van der Waals surface area contributed by atoms with Crippen LogP contribution in [0, 0.1) is 22.7 Å². The summed E-state index contributed by atoms with van der Waals surface area (Å²) in [5.74, 6) is 0. The number of nitrogens with zero attached hydrogens (tertiary/aromatic N) is 6. The van der Waals surface area contributed by atoms with E-state index in [0.29, 0.717) is 22.7 Å². The SMILES string of the molecule is N#Cc1c(N(c2ccc(-c3ccccc3)cc2)c2ccc3ccccc3c2)c(N(c2ccc(-c3ccccc3)cc2)c2ccc3ccccc3c2)c(C#N)c(N(c2ccc(-c3ccccc3)cc2)c2ccc3ccccc3c2)c1N(c1ccc(-c2ccccc2)cc1)c1ccc2ccccc2c1. The first-order chi connectivity index (χ1) is 50.5. The molecule has 17 aromatic carbocycles. The van der Waals surface area contributed by atoms with E-state index < -0.39 is 0 Å². The van der Waals surface area contributed by atoms with E-state index in [2.05, 4.69) is 396 Å². The van der Waals surface area contributed by atoms with Crippen molar-refractivity contribution in [1.29, 1.82) is 10.5 Å². The Kier molecular flexibility index (Phi) is 16.4. The van der Waals surface area contributed by atoms with Gasteiger partial charge >= 0.3 is 0 Å². The molecule has 478 valence electrons. The van der Waals surface area contributed by atoms with Gasteiger partial charge in [-0.15, -0.1) is 0 Å². The molecule has 0 aliphatic rings. The van der Waals surface area contributed by atoms with Crippen molar-refractivity contribution in [2.75, 3.05) is 19.6 Å². The maximum absolute atomic E-state index is 13.6. The van der Waals surface area contributed by atoms with Gasteiger partial charge < -0.3 is 19.6 Å². The second-order valence-corrected chi connectivity index (χ2v) is 25.5. The predicted molar refractivity (Wildman–Crippen MR) is 426 cm³/mol. The van der Waals surface area contributed by atoms with E-state index in [1.54, 1.807) is 0 Å². The van der Waals surface area contributed by atoms with Gasteiger partial charge in [0.2, 0.25) is 0 Å². The zero-order chi connectivity index (χ0) is 68.3. The lowest BCUT2D eigenvalue weighted by atomic mass is 9.93. The third kappa shape index (κ3) is 11.7. The van der Waals surface area contributed by atoms with Gasteiger partial charge in [0.1, 0.15) is 23.3 Å². The summed E-state index contributed by atoms with van der Waals surface area (Å²) in [4.78, 5) is 8.90. The van der Waals surface area contributed by atoms with Crippen LogP contribution in [0.25, 0.3) is 87.6 Å². The summed E-state index contributed by atoms with van der Waals surface area (Å²) in [6.07, 6.45) is 0. The number of anilines is 12. The highest BCUT2D eigenvalue weighted by molar-refractivity contribution is 6.11. The van der Waals surface area contributed by atoms with Crippen molar-refractivity contribution in [2.24, 2.45) is 0 Å². The van der Waals surface area contributed by atoms with Gasteiger partial charge in [-0.05, 0) is 185 Å². The molecule has 0 N–H and O–H groups in total. The summed E-state index contributed by atoms with van der Waals surface area (Å²) < 4.78 is 0. The third-order valence-corrected chi connectivity index (χ3v) is 19.4. The molecule has 0 atom stereocenters. The van der Waals surface area contributed by atoms with Gasteiger partial charge in [-0.3, -0.25) is 0 Å². The van der Waals surface area contributed by atoms with Gasteiger partial charge in [-0.2, -0.15) is 10.5 Å². The molecule has 0 aliphatic carbocycles. The zero-order valence-electron chi connectivity index (χ0n) is 55.6. The molecule has 0 heterocycles. The number of hydrogen-bond acceptors (Lipinski definition) is 6. The van der Waals surface area contributed by atoms with Gasteiger partial charge in [0.25, 0.3) is 0 Å². The largest absolute Gasteiger partial charge is 0.307 e. The van der Waals surface area contributed by atoms with E-state index >= 15 is 0 Å². The molecule has 0 saturated carbocycles. The Bertz CT molecular complexity index is 5280. The molecule has 102 heavy (non-hydrogen) atoms. The van der Waals surface area contributed by atoms with Crippen molar-refractivity contribution in [3.8, 4) is 56.6 Å². The average Bonchev–Trinajstić information content (AvgIpc) is 0.707. The summed E-state index contributed by atoms with van der Waals surface area (Å²) in [6.45, 7) is 0. The number of rotatable bonds is 16. The van der Waals surface area contributed by atoms with Gasteiger partial charge in [-0.1, -0.05) is 291 Å². The van der Waals surface area contributed by atoms with Crippen LogP contribution in [-0.2, 0) is 0 Å². The van der Waals surface area contributed by atoms with Crippen LogP contribution in [0.5, 0.6) is 0 Å². The van der Waals surface area contributed by atoms with Crippen LogP contribution in [0.3, 0.4) is 0 Å². The molecule has 0 saturated heterocycles. The summed E-state index contributed by atoms with van der Waals surface area (Å²) in [5, 5.41) is 35.3. The summed E-state index contributed by atoms with van der Waals surface area (Å²) in [5.41, 5.74) is 16.9. The zero-order valence-corrected chi connectivity index (χ0v) is 55.6. The van der Waals surface area contributed by atoms with Crippen molar-refractivity contribution in [1.82, 2.24) is 0 Å². The fraction of sp³-hybridized carbons (Fsp3) is 0. The molecule has 6 nitrogen and oxygen atoms in total. The molecule has 0 spiro atoms. The highest BCUT2D eigenvalue weighted by Crippen LogP contribution is 2.60. The van der Waals surface area contributed by atoms with Gasteiger partial charge in [0, 0.05) is 45.5 Å². The number of fused-ring (bicyclic) bond motifs is 4. The van der Waals surface area contributed by atoms with Crippen LogP contribution < -0.4 is 19.6 Å². The smallest absolute Gasteiger partial charge is 0.104 e. The molecule has 0 amide bonds. The summed E-state index contributed by atoms with van der Waals surface area (Å²) in [6, 6.07) is 142. The minimum atomic E-state index is 0.290. The molecular weight excluding hydrogens is 1240 g/mol. The van der Waals surface area contributed by atoms with Crippen LogP contribution in [0.15, 0.2) is 388 Å². The topological polar surface area (TPSA) is 60.5 Å². The Hall–Kier alpha value is -14.0. The predicted octanol–water partition coefficient (Wildman–Crippen LogP) is 26.6. The number of benzene rings is 17. The molecular formula is C96H64N6. The number of hydrogen-bond donors (Lipinski definition) is 0. The van der Waals surface area contributed by atoms with Crippen LogP contribution >= 0.6 is 0 Å². The van der Waals surface area contributed by atoms with Crippen molar-refractivity contribution in [2.45, 2.75) is 0 Å².